The number of hydrogen-bond donors (Lipinski definition) is 2. The number of rotatable bonds is 5. The number of aliphatic hydroxyl groups is 1. The van der Waals surface area contributed by atoms with Crippen LogP contribution < -0.4 is 5.32 Å². The van der Waals surface area contributed by atoms with Crippen molar-refractivity contribution in [2.24, 2.45) is 11.8 Å². The van der Waals surface area contributed by atoms with Crippen molar-refractivity contribution < 1.29 is 14.6 Å². The Balaban J connectivity index is 1.73. The van der Waals surface area contributed by atoms with Gasteiger partial charge in [0.15, 0.2) is 0 Å². The van der Waals surface area contributed by atoms with Crippen LogP contribution in [0.5, 0.6) is 0 Å². The number of hydrogen-bond acceptors (Lipinski definition) is 4. The van der Waals surface area contributed by atoms with Gasteiger partial charge >= 0.3 is 0 Å². The lowest BCUT2D eigenvalue weighted by atomic mass is 9.82. The number of nitrogens with zero attached hydrogens (tertiary/aromatic N) is 1. The van der Waals surface area contributed by atoms with Gasteiger partial charge in [0.25, 0.3) is 0 Å². The largest absolute Gasteiger partial charge is 0.387 e. The zero-order valence-electron chi connectivity index (χ0n) is 13.4. The molecule has 3 unspecified atom stereocenters. The molecule has 2 fully saturated rings. The molecule has 0 aromatic heterocycles. The predicted octanol–water partition coefficient (Wildman–Crippen LogP) is 1.01. The quantitative estimate of drug-likeness (QED) is 0.795. The van der Waals surface area contributed by atoms with Gasteiger partial charge in [0.05, 0.1) is 18.8 Å². The van der Waals surface area contributed by atoms with Crippen LogP contribution in [0.25, 0.3) is 0 Å². The van der Waals surface area contributed by atoms with E-state index < -0.39 is 5.60 Å². The van der Waals surface area contributed by atoms with E-state index in [4.69, 9.17) is 4.74 Å². The zero-order valence-corrected chi connectivity index (χ0v) is 13.4. The molecule has 1 saturated heterocycles. The highest BCUT2D eigenvalue weighted by molar-refractivity contribution is 5.78. The zero-order chi connectivity index (χ0) is 15.3. The number of nitrogens with one attached hydrogen (secondary N) is 1. The van der Waals surface area contributed by atoms with E-state index in [9.17, 15) is 9.90 Å². The standard InChI is InChI=1S/C16H30N2O3/c1-13-4-3-5-14(10-13)15(19)17-11-16(2,20)12-18-6-8-21-9-7-18/h13-14,20H,3-12H2,1-2H3,(H,17,19). The monoisotopic (exact) mass is 298 g/mol. The second kappa shape index (κ2) is 7.56. The van der Waals surface area contributed by atoms with Gasteiger partial charge in [-0.1, -0.05) is 19.8 Å². The van der Waals surface area contributed by atoms with Gasteiger partial charge in [-0.25, -0.2) is 0 Å². The summed E-state index contributed by atoms with van der Waals surface area (Å²) in [6.07, 6.45) is 4.35. The van der Waals surface area contributed by atoms with Gasteiger partial charge < -0.3 is 15.2 Å². The fraction of sp³-hybridized carbons (Fsp3) is 0.938. The van der Waals surface area contributed by atoms with Gasteiger partial charge in [0.2, 0.25) is 5.91 Å². The van der Waals surface area contributed by atoms with Crippen LogP contribution in [0.1, 0.15) is 39.5 Å². The Morgan fingerprint density at radius 2 is 2.10 bits per heavy atom. The minimum atomic E-state index is -0.882. The Hall–Kier alpha value is -0.650. The molecule has 0 aromatic carbocycles. The lowest BCUT2D eigenvalue weighted by Gasteiger charge is -2.34. The summed E-state index contributed by atoms with van der Waals surface area (Å²) in [5.74, 6) is 0.889. The van der Waals surface area contributed by atoms with Crippen LogP contribution in [0.2, 0.25) is 0 Å². The second-order valence-electron chi connectivity index (χ2n) is 7.07. The number of morpholine rings is 1. The Morgan fingerprint density at radius 1 is 1.38 bits per heavy atom. The molecule has 2 aliphatic rings. The third-order valence-electron chi connectivity index (χ3n) is 4.62. The number of carbonyl (C=O) groups excluding carboxylic acids is 1. The van der Waals surface area contributed by atoms with Crippen LogP contribution in [0, 0.1) is 11.8 Å². The first kappa shape index (κ1) is 16.7. The summed E-state index contributed by atoms with van der Waals surface area (Å²) in [6.45, 7) is 8.07. The molecule has 0 aromatic rings. The minimum Gasteiger partial charge on any atom is -0.387 e. The van der Waals surface area contributed by atoms with Crippen molar-refractivity contribution >= 4 is 5.91 Å². The molecular weight excluding hydrogens is 268 g/mol. The van der Waals surface area contributed by atoms with E-state index in [1.165, 1.54) is 6.42 Å². The molecule has 1 amide bonds. The van der Waals surface area contributed by atoms with Crippen LogP contribution in [-0.2, 0) is 9.53 Å². The van der Waals surface area contributed by atoms with Gasteiger partial charge in [-0.05, 0) is 25.7 Å². The summed E-state index contributed by atoms with van der Waals surface area (Å²) in [6, 6.07) is 0. The molecule has 0 spiro atoms. The molecule has 21 heavy (non-hydrogen) atoms. The summed E-state index contributed by atoms with van der Waals surface area (Å²) < 4.78 is 5.31. The van der Waals surface area contributed by atoms with Crippen molar-refractivity contribution in [2.45, 2.75) is 45.1 Å². The highest BCUT2D eigenvalue weighted by atomic mass is 16.5. The Morgan fingerprint density at radius 3 is 2.76 bits per heavy atom. The summed E-state index contributed by atoms with van der Waals surface area (Å²) in [5, 5.41) is 13.4. The van der Waals surface area contributed by atoms with Gasteiger partial charge in [-0.2, -0.15) is 0 Å². The van der Waals surface area contributed by atoms with Crippen molar-refractivity contribution in [1.82, 2.24) is 10.2 Å². The normalized spacial score (nSPS) is 30.6. The van der Waals surface area contributed by atoms with E-state index in [-0.39, 0.29) is 11.8 Å². The first-order valence-electron chi connectivity index (χ1n) is 8.26. The summed E-state index contributed by atoms with van der Waals surface area (Å²) in [5.41, 5.74) is -0.882. The molecule has 1 saturated carbocycles. The highest BCUT2D eigenvalue weighted by Crippen LogP contribution is 2.28. The van der Waals surface area contributed by atoms with E-state index in [0.717, 1.165) is 45.6 Å². The second-order valence-corrected chi connectivity index (χ2v) is 7.07. The molecule has 0 bridgehead atoms. The fourth-order valence-electron chi connectivity index (χ4n) is 3.39. The summed E-state index contributed by atoms with van der Waals surface area (Å²) in [7, 11) is 0. The van der Waals surface area contributed by atoms with Crippen molar-refractivity contribution in [2.75, 3.05) is 39.4 Å². The van der Waals surface area contributed by atoms with Crippen molar-refractivity contribution in [1.29, 1.82) is 0 Å². The molecule has 2 N–H and O–H groups in total. The van der Waals surface area contributed by atoms with E-state index in [1.54, 1.807) is 6.92 Å². The Bertz CT molecular complexity index is 340. The van der Waals surface area contributed by atoms with Crippen molar-refractivity contribution in [3.05, 3.63) is 0 Å². The van der Waals surface area contributed by atoms with Crippen molar-refractivity contribution in [3.8, 4) is 0 Å². The van der Waals surface area contributed by atoms with E-state index in [2.05, 4.69) is 17.1 Å². The number of ether oxygens (including phenoxy) is 1. The van der Waals surface area contributed by atoms with E-state index >= 15 is 0 Å². The summed E-state index contributed by atoms with van der Waals surface area (Å²) in [4.78, 5) is 14.4. The molecule has 5 nitrogen and oxygen atoms in total. The van der Waals surface area contributed by atoms with E-state index in [1.807, 2.05) is 0 Å². The SMILES string of the molecule is CC1CCCC(C(=O)NCC(C)(O)CN2CCOCC2)C1. The van der Waals surface area contributed by atoms with Crippen LogP contribution in [0.3, 0.4) is 0 Å². The van der Waals surface area contributed by atoms with Crippen LogP contribution in [-0.4, -0.2) is 60.9 Å². The van der Waals surface area contributed by atoms with Crippen LogP contribution in [0.4, 0.5) is 0 Å². The maximum absolute atomic E-state index is 12.2. The topological polar surface area (TPSA) is 61.8 Å². The van der Waals surface area contributed by atoms with Gasteiger partial charge in [0, 0.05) is 32.1 Å². The van der Waals surface area contributed by atoms with Gasteiger partial charge in [-0.15, -0.1) is 0 Å². The minimum absolute atomic E-state index is 0.115. The van der Waals surface area contributed by atoms with Gasteiger partial charge in [-0.3, -0.25) is 9.69 Å². The van der Waals surface area contributed by atoms with E-state index in [0.29, 0.717) is 19.0 Å². The molecule has 2 rings (SSSR count). The lowest BCUT2D eigenvalue weighted by Crippen LogP contribution is -2.52. The first-order chi connectivity index (χ1) is 9.96. The predicted molar refractivity (Wildman–Crippen MR) is 82.0 cm³/mol. The number of β-amino-alcohol motifs (C(OH)–C–C–N with tert-alkyl or cyclic N) is 1. The van der Waals surface area contributed by atoms with Crippen molar-refractivity contribution in [3.63, 3.8) is 0 Å². The molecule has 1 heterocycles. The molecule has 122 valence electrons. The van der Waals surface area contributed by atoms with Crippen LogP contribution in [0.15, 0.2) is 0 Å². The third-order valence-corrected chi connectivity index (χ3v) is 4.62. The molecule has 0 radical (unpaired) electrons. The maximum atomic E-state index is 12.2. The smallest absolute Gasteiger partial charge is 0.223 e. The molecule has 5 heteroatoms. The number of carbonyl (C=O) groups is 1. The lowest BCUT2D eigenvalue weighted by molar-refractivity contribution is -0.127. The average molecular weight is 298 g/mol. The third kappa shape index (κ3) is 5.57. The molecule has 1 aliphatic heterocycles. The first-order valence-corrected chi connectivity index (χ1v) is 8.26. The molecule has 3 atom stereocenters. The van der Waals surface area contributed by atoms with Gasteiger partial charge in [0.1, 0.15) is 0 Å². The Labute approximate surface area is 128 Å². The molecule has 1 aliphatic carbocycles. The van der Waals surface area contributed by atoms with Crippen LogP contribution >= 0.6 is 0 Å². The average Bonchev–Trinajstić information content (AvgIpc) is 2.45. The molecular formula is C16H30N2O3. The highest BCUT2D eigenvalue weighted by Gasteiger charge is 2.29. The maximum Gasteiger partial charge on any atom is 0.223 e. The number of amides is 1. The summed E-state index contributed by atoms with van der Waals surface area (Å²) >= 11 is 0. The fourth-order valence-corrected chi connectivity index (χ4v) is 3.39. The Kier molecular flexibility index (Phi) is 6.02.